The topological polar surface area (TPSA) is 52.6 Å². The van der Waals surface area contributed by atoms with Gasteiger partial charge in [0.15, 0.2) is 0 Å². The van der Waals surface area contributed by atoms with Crippen LogP contribution < -0.4 is 5.32 Å². The number of nitrogens with one attached hydrogen (secondary N) is 1. The third-order valence-electron chi connectivity index (χ3n) is 4.88. The zero-order chi connectivity index (χ0) is 18.8. The van der Waals surface area contributed by atoms with Crippen LogP contribution >= 0.6 is 23.2 Å². The SMILES string of the molecule is Cc1cc(CO)cc(C)c1NC(=O)N1CCC(c2cc(Cl)ccc2Cl)C1. The predicted molar refractivity (Wildman–Crippen MR) is 106 cm³/mol. The molecule has 0 saturated carbocycles. The summed E-state index contributed by atoms with van der Waals surface area (Å²) in [6, 6.07) is 9.12. The second-order valence-corrected chi connectivity index (χ2v) is 7.63. The minimum Gasteiger partial charge on any atom is -0.392 e. The predicted octanol–water partition coefficient (Wildman–Crippen LogP) is 5.12. The van der Waals surface area contributed by atoms with E-state index in [0.717, 1.165) is 34.4 Å². The fourth-order valence-electron chi connectivity index (χ4n) is 3.55. The van der Waals surface area contributed by atoms with Crippen LogP contribution in [0, 0.1) is 13.8 Å². The molecule has 0 bridgehead atoms. The van der Waals surface area contributed by atoms with Crippen LogP contribution in [0.4, 0.5) is 10.5 Å². The smallest absolute Gasteiger partial charge is 0.321 e. The maximum Gasteiger partial charge on any atom is 0.321 e. The summed E-state index contributed by atoms with van der Waals surface area (Å²) < 4.78 is 0. The minimum atomic E-state index is -0.117. The number of urea groups is 1. The zero-order valence-electron chi connectivity index (χ0n) is 14.9. The first-order valence-electron chi connectivity index (χ1n) is 8.61. The van der Waals surface area contributed by atoms with Gasteiger partial charge in [0.05, 0.1) is 6.61 Å². The van der Waals surface area contributed by atoms with E-state index in [0.29, 0.717) is 23.1 Å². The minimum absolute atomic E-state index is 0.00982. The van der Waals surface area contributed by atoms with Gasteiger partial charge in [0.1, 0.15) is 0 Å². The molecule has 2 aromatic rings. The fraction of sp³-hybridized carbons (Fsp3) is 0.350. The number of benzene rings is 2. The van der Waals surface area contributed by atoms with E-state index >= 15 is 0 Å². The fourth-order valence-corrected chi connectivity index (χ4v) is 4.01. The van der Waals surface area contributed by atoms with Gasteiger partial charge in [-0.25, -0.2) is 4.79 Å². The Bertz CT molecular complexity index is 816. The molecule has 1 atom stereocenters. The van der Waals surface area contributed by atoms with Crippen LogP contribution in [0.1, 0.15) is 34.6 Å². The summed E-state index contributed by atoms with van der Waals surface area (Å²) in [5.74, 6) is 0.186. The first-order chi connectivity index (χ1) is 12.4. The van der Waals surface area contributed by atoms with Gasteiger partial charge in [-0.05, 0) is 60.7 Å². The maximum absolute atomic E-state index is 12.7. The van der Waals surface area contributed by atoms with Crippen LogP contribution in [-0.2, 0) is 6.61 Å². The normalized spacial score (nSPS) is 16.8. The number of halogens is 2. The van der Waals surface area contributed by atoms with Gasteiger partial charge < -0.3 is 15.3 Å². The van der Waals surface area contributed by atoms with Crippen molar-refractivity contribution < 1.29 is 9.90 Å². The molecule has 1 unspecified atom stereocenters. The summed E-state index contributed by atoms with van der Waals surface area (Å²) in [6.07, 6.45) is 0.856. The molecule has 6 heteroatoms. The number of aliphatic hydroxyl groups is 1. The molecule has 1 aliphatic rings. The molecule has 26 heavy (non-hydrogen) atoms. The number of hydrogen-bond donors (Lipinski definition) is 2. The Morgan fingerprint density at radius 2 is 1.92 bits per heavy atom. The molecular formula is C20H22Cl2N2O2. The second-order valence-electron chi connectivity index (χ2n) is 6.79. The average molecular weight is 393 g/mol. The number of anilines is 1. The molecule has 0 radical (unpaired) electrons. The average Bonchev–Trinajstić information content (AvgIpc) is 3.09. The van der Waals surface area contributed by atoms with E-state index in [2.05, 4.69) is 5.32 Å². The molecule has 0 aromatic heterocycles. The van der Waals surface area contributed by atoms with Crippen LogP contribution in [0.15, 0.2) is 30.3 Å². The number of hydrogen-bond acceptors (Lipinski definition) is 2. The molecule has 0 aliphatic carbocycles. The first-order valence-corrected chi connectivity index (χ1v) is 9.36. The molecule has 138 valence electrons. The Morgan fingerprint density at radius 1 is 1.23 bits per heavy atom. The Morgan fingerprint density at radius 3 is 2.58 bits per heavy atom. The van der Waals surface area contributed by atoms with E-state index in [9.17, 15) is 9.90 Å². The van der Waals surface area contributed by atoms with Crippen molar-refractivity contribution in [3.05, 3.63) is 62.6 Å². The van der Waals surface area contributed by atoms with Gasteiger partial charge in [-0.3, -0.25) is 0 Å². The standard InChI is InChI=1S/C20H22Cl2N2O2/c1-12-7-14(11-25)8-13(2)19(12)23-20(26)24-6-5-15(10-24)17-9-16(21)3-4-18(17)22/h3-4,7-9,15,25H,5-6,10-11H2,1-2H3,(H,23,26). The van der Waals surface area contributed by atoms with Gasteiger partial charge >= 0.3 is 6.03 Å². The number of aryl methyl sites for hydroxylation is 2. The molecule has 1 saturated heterocycles. The van der Waals surface area contributed by atoms with Gasteiger partial charge in [-0.1, -0.05) is 35.3 Å². The van der Waals surface area contributed by atoms with Gasteiger partial charge in [0.2, 0.25) is 0 Å². The molecule has 3 rings (SSSR count). The molecule has 4 nitrogen and oxygen atoms in total. The summed E-state index contributed by atoms with van der Waals surface area (Å²) in [6.45, 7) is 5.13. The van der Waals surface area contributed by atoms with Crippen molar-refractivity contribution >= 4 is 34.9 Å². The van der Waals surface area contributed by atoms with E-state index in [-0.39, 0.29) is 18.6 Å². The van der Waals surface area contributed by atoms with Crippen molar-refractivity contribution in [1.29, 1.82) is 0 Å². The highest BCUT2D eigenvalue weighted by Crippen LogP contribution is 2.34. The molecule has 0 spiro atoms. The quantitative estimate of drug-likeness (QED) is 0.760. The summed E-state index contributed by atoms with van der Waals surface area (Å²) in [7, 11) is 0. The van der Waals surface area contributed by atoms with E-state index in [1.807, 2.05) is 32.0 Å². The Balaban J connectivity index is 1.72. The maximum atomic E-state index is 12.7. The third kappa shape index (κ3) is 3.98. The number of carbonyl (C=O) groups excluding carboxylic acids is 1. The lowest BCUT2D eigenvalue weighted by Crippen LogP contribution is -2.33. The Kier molecular flexibility index (Phi) is 5.76. The highest BCUT2D eigenvalue weighted by molar-refractivity contribution is 6.33. The third-order valence-corrected chi connectivity index (χ3v) is 5.46. The molecule has 1 heterocycles. The van der Waals surface area contributed by atoms with Crippen molar-refractivity contribution in [2.45, 2.75) is 32.8 Å². The van der Waals surface area contributed by atoms with Crippen molar-refractivity contribution in [1.82, 2.24) is 4.90 Å². The van der Waals surface area contributed by atoms with Gasteiger partial charge in [0.25, 0.3) is 0 Å². The first kappa shape index (κ1) is 19.0. The largest absolute Gasteiger partial charge is 0.392 e. The van der Waals surface area contributed by atoms with E-state index in [1.54, 1.807) is 17.0 Å². The summed E-state index contributed by atoms with van der Waals surface area (Å²) >= 11 is 12.4. The zero-order valence-corrected chi connectivity index (χ0v) is 16.4. The summed E-state index contributed by atoms with van der Waals surface area (Å²) in [5.41, 5.74) is 4.52. The number of amides is 2. The van der Waals surface area contributed by atoms with E-state index in [4.69, 9.17) is 23.2 Å². The lowest BCUT2D eigenvalue weighted by Gasteiger charge is -2.20. The number of nitrogens with zero attached hydrogens (tertiary/aromatic N) is 1. The Hall–Kier alpha value is -1.75. The van der Waals surface area contributed by atoms with Gasteiger partial charge in [-0.15, -0.1) is 0 Å². The van der Waals surface area contributed by atoms with E-state index in [1.165, 1.54) is 0 Å². The lowest BCUT2D eigenvalue weighted by atomic mass is 9.98. The van der Waals surface area contributed by atoms with Crippen LogP contribution in [0.3, 0.4) is 0 Å². The lowest BCUT2D eigenvalue weighted by molar-refractivity contribution is 0.222. The summed E-state index contributed by atoms with van der Waals surface area (Å²) in [5, 5.41) is 13.7. The van der Waals surface area contributed by atoms with Gasteiger partial charge in [0, 0.05) is 34.7 Å². The van der Waals surface area contributed by atoms with Gasteiger partial charge in [-0.2, -0.15) is 0 Å². The van der Waals surface area contributed by atoms with Crippen LogP contribution in [0.25, 0.3) is 0 Å². The number of aliphatic hydroxyl groups excluding tert-OH is 1. The van der Waals surface area contributed by atoms with Crippen molar-refractivity contribution in [2.75, 3.05) is 18.4 Å². The van der Waals surface area contributed by atoms with Crippen molar-refractivity contribution in [3.8, 4) is 0 Å². The van der Waals surface area contributed by atoms with Crippen LogP contribution in [-0.4, -0.2) is 29.1 Å². The number of likely N-dealkylation sites (tertiary alicyclic amines) is 1. The highest BCUT2D eigenvalue weighted by atomic mass is 35.5. The molecule has 1 fully saturated rings. The molecule has 1 aliphatic heterocycles. The molecule has 2 amide bonds. The van der Waals surface area contributed by atoms with Crippen molar-refractivity contribution in [2.24, 2.45) is 0 Å². The van der Waals surface area contributed by atoms with E-state index < -0.39 is 0 Å². The Labute approximate surface area is 163 Å². The monoisotopic (exact) mass is 392 g/mol. The van der Waals surface area contributed by atoms with Crippen LogP contribution in [0.2, 0.25) is 10.0 Å². The number of carbonyl (C=O) groups is 1. The number of rotatable bonds is 3. The highest BCUT2D eigenvalue weighted by Gasteiger charge is 2.29. The second kappa shape index (κ2) is 7.87. The van der Waals surface area contributed by atoms with Crippen LogP contribution in [0.5, 0.6) is 0 Å². The summed E-state index contributed by atoms with van der Waals surface area (Å²) in [4.78, 5) is 14.5. The molecule has 2 aromatic carbocycles. The molecular weight excluding hydrogens is 371 g/mol. The van der Waals surface area contributed by atoms with Crippen molar-refractivity contribution in [3.63, 3.8) is 0 Å². The molecule has 2 N–H and O–H groups in total.